The van der Waals surface area contributed by atoms with E-state index in [1.807, 2.05) is 25.1 Å². The van der Waals surface area contributed by atoms with Gasteiger partial charge in [0.2, 0.25) is 5.56 Å². The lowest BCUT2D eigenvalue weighted by Gasteiger charge is -2.14. The monoisotopic (exact) mass is 416 g/mol. The van der Waals surface area contributed by atoms with Gasteiger partial charge in [-0.25, -0.2) is 4.98 Å². The van der Waals surface area contributed by atoms with Crippen molar-refractivity contribution in [3.63, 3.8) is 0 Å². The molecule has 0 radical (unpaired) electrons. The molecule has 0 spiro atoms. The normalized spacial score (nSPS) is 12.0. The molecule has 8 heteroatoms. The van der Waals surface area contributed by atoms with Gasteiger partial charge in [0.05, 0.1) is 10.6 Å². The van der Waals surface area contributed by atoms with E-state index in [2.05, 4.69) is 9.97 Å². The standard InChI is InChI=1S/C23H20N4O4/c1-15(16-9-11-24-21(28)13-16)7-8-18-12-17-4-3-10-25-22(17)26(23(18)29)19-5-2-6-20(14-19)27(30)31/h2-6,9-15H,7-8H2,1H3,(H,24,28). The van der Waals surface area contributed by atoms with Crippen LogP contribution in [-0.4, -0.2) is 19.5 Å². The number of nitrogens with one attached hydrogen (secondary N) is 1. The zero-order valence-electron chi connectivity index (χ0n) is 16.8. The van der Waals surface area contributed by atoms with Crippen LogP contribution in [0.4, 0.5) is 5.69 Å². The molecule has 0 fully saturated rings. The molecule has 1 atom stereocenters. The first-order valence-electron chi connectivity index (χ1n) is 9.87. The van der Waals surface area contributed by atoms with Gasteiger partial charge < -0.3 is 4.98 Å². The number of nitrogens with zero attached hydrogens (tertiary/aromatic N) is 3. The predicted octanol–water partition coefficient (Wildman–Crippen LogP) is 3.72. The van der Waals surface area contributed by atoms with Crippen molar-refractivity contribution in [2.75, 3.05) is 0 Å². The Kier molecular flexibility index (Phi) is 5.44. The molecule has 3 heterocycles. The van der Waals surface area contributed by atoms with Crippen LogP contribution < -0.4 is 11.1 Å². The van der Waals surface area contributed by atoms with Crippen LogP contribution in [0.3, 0.4) is 0 Å². The zero-order valence-corrected chi connectivity index (χ0v) is 16.8. The minimum Gasteiger partial charge on any atom is -0.329 e. The van der Waals surface area contributed by atoms with Crippen molar-refractivity contribution in [1.82, 2.24) is 14.5 Å². The molecule has 4 aromatic rings. The average Bonchev–Trinajstić information content (AvgIpc) is 2.77. The number of non-ortho nitro benzene ring substituents is 1. The molecule has 156 valence electrons. The lowest BCUT2D eigenvalue weighted by molar-refractivity contribution is -0.384. The summed E-state index contributed by atoms with van der Waals surface area (Å²) in [5.74, 6) is 0.0811. The molecule has 4 rings (SSSR count). The van der Waals surface area contributed by atoms with Crippen molar-refractivity contribution in [3.8, 4) is 5.69 Å². The van der Waals surface area contributed by atoms with Gasteiger partial charge in [-0.15, -0.1) is 0 Å². The summed E-state index contributed by atoms with van der Waals surface area (Å²) < 4.78 is 1.43. The van der Waals surface area contributed by atoms with Crippen LogP contribution in [0.1, 0.15) is 30.4 Å². The highest BCUT2D eigenvalue weighted by atomic mass is 16.6. The van der Waals surface area contributed by atoms with E-state index >= 15 is 0 Å². The van der Waals surface area contributed by atoms with E-state index in [9.17, 15) is 19.7 Å². The number of benzene rings is 1. The van der Waals surface area contributed by atoms with Crippen LogP contribution in [0.5, 0.6) is 0 Å². The van der Waals surface area contributed by atoms with E-state index in [-0.39, 0.29) is 22.7 Å². The number of rotatable bonds is 6. The second-order valence-corrected chi connectivity index (χ2v) is 7.43. The number of aromatic nitrogens is 3. The Labute approximate surface area is 177 Å². The fraction of sp³-hybridized carbons (Fsp3) is 0.174. The maximum absolute atomic E-state index is 13.4. The fourth-order valence-corrected chi connectivity index (χ4v) is 3.67. The van der Waals surface area contributed by atoms with Crippen LogP contribution in [-0.2, 0) is 6.42 Å². The average molecular weight is 416 g/mol. The molecule has 0 bridgehead atoms. The molecule has 0 saturated carbocycles. The molecular weight excluding hydrogens is 396 g/mol. The van der Waals surface area contributed by atoms with Crippen molar-refractivity contribution in [2.24, 2.45) is 0 Å². The number of pyridine rings is 3. The van der Waals surface area contributed by atoms with Gasteiger partial charge in [-0.3, -0.25) is 24.3 Å². The van der Waals surface area contributed by atoms with E-state index in [4.69, 9.17) is 0 Å². The number of H-pyrrole nitrogens is 1. The number of fused-ring (bicyclic) bond motifs is 1. The number of nitro groups is 1. The van der Waals surface area contributed by atoms with Crippen molar-refractivity contribution < 1.29 is 4.92 Å². The maximum atomic E-state index is 13.4. The van der Waals surface area contributed by atoms with Crippen LogP contribution in [0, 0.1) is 10.1 Å². The molecule has 0 saturated heterocycles. The number of hydrogen-bond donors (Lipinski definition) is 1. The van der Waals surface area contributed by atoms with Gasteiger partial charge in [0, 0.05) is 41.5 Å². The Bertz CT molecular complexity index is 1390. The molecule has 1 N–H and O–H groups in total. The summed E-state index contributed by atoms with van der Waals surface area (Å²) in [7, 11) is 0. The molecule has 8 nitrogen and oxygen atoms in total. The van der Waals surface area contributed by atoms with Crippen LogP contribution in [0.25, 0.3) is 16.7 Å². The van der Waals surface area contributed by atoms with Gasteiger partial charge in [0.15, 0.2) is 0 Å². The maximum Gasteiger partial charge on any atom is 0.271 e. The summed E-state index contributed by atoms with van der Waals surface area (Å²) >= 11 is 0. The lowest BCUT2D eigenvalue weighted by Crippen LogP contribution is -2.23. The third-order valence-electron chi connectivity index (χ3n) is 5.35. The zero-order chi connectivity index (χ0) is 22.0. The molecular formula is C23H20N4O4. The molecule has 1 unspecified atom stereocenters. The van der Waals surface area contributed by atoms with Gasteiger partial charge in [-0.05, 0) is 54.7 Å². The summed E-state index contributed by atoms with van der Waals surface area (Å²) in [5, 5.41) is 12.0. The third kappa shape index (κ3) is 4.13. The molecule has 3 aromatic heterocycles. The molecule has 0 aliphatic carbocycles. The Morgan fingerprint density at radius 3 is 2.74 bits per heavy atom. The number of nitro benzene ring substituents is 1. The lowest BCUT2D eigenvalue weighted by atomic mass is 9.95. The predicted molar refractivity (Wildman–Crippen MR) is 118 cm³/mol. The first kappa shape index (κ1) is 20.2. The van der Waals surface area contributed by atoms with Crippen LogP contribution in [0.2, 0.25) is 0 Å². The second kappa shape index (κ2) is 8.35. The molecule has 0 aliphatic heterocycles. The van der Waals surface area contributed by atoms with E-state index < -0.39 is 4.92 Å². The molecule has 0 amide bonds. The van der Waals surface area contributed by atoms with Crippen molar-refractivity contribution in [2.45, 2.75) is 25.7 Å². The molecule has 31 heavy (non-hydrogen) atoms. The number of hydrogen-bond acceptors (Lipinski definition) is 5. The highest BCUT2D eigenvalue weighted by Crippen LogP contribution is 2.22. The van der Waals surface area contributed by atoms with Crippen molar-refractivity contribution in [1.29, 1.82) is 0 Å². The Morgan fingerprint density at radius 2 is 1.97 bits per heavy atom. The van der Waals surface area contributed by atoms with Crippen LogP contribution in [0.15, 0.2) is 76.6 Å². The van der Waals surface area contributed by atoms with E-state index in [1.54, 1.807) is 36.7 Å². The Balaban J connectivity index is 1.76. The van der Waals surface area contributed by atoms with E-state index in [1.165, 1.54) is 16.7 Å². The topological polar surface area (TPSA) is 111 Å². The minimum absolute atomic E-state index is 0.0811. The second-order valence-electron chi connectivity index (χ2n) is 7.43. The first-order chi connectivity index (χ1) is 14.9. The SMILES string of the molecule is CC(CCc1cc2cccnc2n(-c2cccc([N+](=O)[O-])c2)c1=O)c1cc[nH]c(=O)c1. The molecule has 0 aliphatic rings. The Morgan fingerprint density at radius 1 is 1.13 bits per heavy atom. The Hall–Kier alpha value is -4.07. The van der Waals surface area contributed by atoms with Gasteiger partial charge in [0.25, 0.3) is 11.2 Å². The summed E-state index contributed by atoms with van der Waals surface area (Å²) in [4.78, 5) is 42.6. The fourth-order valence-electron chi connectivity index (χ4n) is 3.67. The quantitative estimate of drug-likeness (QED) is 0.380. The summed E-state index contributed by atoms with van der Waals surface area (Å²) in [5.41, 5.74) is 1.82. The highest BCUT2D eigenvalue weighted by molar-refractivity contribution is 5.77. The summed E-state index contributed by atoms with van der Waals surface area (Å²) in [6, 6.07) is 14.9. The highest BCUT2D eigenvalue weighted by Gasteiger charge is 2.16. The number of aromatic amines is 1. The van der Waals surface area contributed by atoms with Gasteiger partial charge in [0.1, 0.15) is 5.65 Å². The van der Waals surface area contributed by atoms with Gasteiger partial charge in [-0.1, -0.05) is 13.0 Å². The van der Waals surface area contributed by atoms with Gasteiger partial charge >= 0.3 is 0 Å². The summed E-state index contributed by atoms with van der Waals surface area (Å²) in [6.07, 6.45) is 4.36. The van der Waals surface area contributed by atoms with Gasteiger partial charge in [-0.2, -0.15) is 0 Å². The van der Waals surface area contributed by atoms with E-state index in [0.29, 0.717) is 29.7 Å². The molecule has 1 aromatic carbocycles. The third-order valence-corrected chi connectivity index (χ3v) is 5.35. The minimum atomic E-state index is -0.489. The van der Waals surface area contributed by atoms with E-state index in [0.717, 1.165) is 10.9 Å². The first-order valence-corrected chi connectivity index (χ1v) is 9.87. The number of aryl methyl sites for hydroxylation is 1. The largest absolute Gasteiger partial charge is 0.329 e. The van der Waals surface area contributed by atoms with Crippen molar-refractivity contribution >= 4 is 16.7 Å². The van der Waals surface area contributed by atoms with Crippen LogP contribution >= 0.6 is 0 Å². The van der Waals surface area contributed by atoms with Crippen molar-refractivity contribution in [3.05, 3.63) is 109 Å². The summed E-state index contributed by atoms with van der Waals surface area (Å²) in [6.45, 7) is 2.01. The smallest absolute Gasteiger partial charge is 0.271 e.